The van der Waals surface area contributed by atoms with Crippen molar-refractivity contribution in [1.29, 1.82) is 0 Å². The summed E-state index contributed by atoms with van der Waals surface area (Å²) in [5, 5.41) is 19.7. The third-order valence-electron chi connectivity index (χ3n) is 6.52. The number of carboxylic acids is 1. The Hall–Kier alpha value is -4.63. The number of fused-ring (bicyclic) bond motifs is 1. The zero-order valence-corrected chi connectivity index (χ0v) is 22.8. The Bertz CT molecular complexity index is 1410. The van der Waals surface area contributed by atoms with Crippen LogP contribution in [0, 0.1) is 0 Å². The Balaban J connectivity index is 1.28. The molecule has 4 N–H and O–H groups in total. The topological polar surface area (TPSA) is 192 Å². The van der Waals surface area contributed by atoms with E-state index in [-0.39, 0.29) is 50.1 Å². The quantitative estimate of drug-likeness (QED) is 0.335. The minimum absolute atomic E-state index is 0.0209. The number of carboxylic acid groups (broad SMARTS) is 1. The van der Waals surface area contributed by atoms with Crippen molar-refractivity contribution in [3.05, 3.63) is 42.4 Å². The van der Waals surface area contributed by atoms with Crippen molar-refractivity contribution < 1.29 is 43.5 Å². The van der Waals surface area contributed by atoms with E-state index in [1.807, 2.05) is 0 Å². The fraction of sp³-hybridized carbons (Fsp3) is 0.423. The van der Waals surface area contributed by atoms with Gasteiger partial charge in [0.15, 0.2) is 23.3 Å². The number of amides is 2. The van der Waals surface area contributed by atoms with E-state index in [9.17, 15) is 24.6 Å². The Kier molecular flexibility index (Phi) is 9.09. The zero-order chi connectivity index (χ0) is 29.7. The molecule has 15 heteroatoms. The molecule has 1 saturated heterocycles. The van der Waals surface area contributed by atoms with Crippen LogP contribution in [0.25, 0.3) is 11.0 Å². The van der Waals surface area contributed by atoms with Crippen LogP contribution in [0.1, 0.15) is 18.4 Å². The third-order valence-corrected chi connectivity index (χ3v) is 6.52. The molecule has 0 saturated carbocycles. The van der Waals surface area contributed by atoms with Crippen LogP contribution in [0.4, 0.5) is 15.4 Å². The molecule has 1 aromatic carbocycles. The summed E-state index contributed by atoms with van der Waals surface area (Å²) in [6.07, 6.45) is -0.690. The molecule has 1 fully saturated rings. The van der Waals surface area contributed by atoms with Gasteiger partial charge in [0.2, 0.25) is 6.29 Å². The number of rotatable bonds is 9. The molecule has 1 aliphatic heterocycles. The van der Waals surface area contributed by atoms with Gasteiger partial charge in [0, 0.05) is 46.2 Å². The van der Waals surface area contributed by atoms with E-state index >= 15 is 0 Å². The molecule has 1 aliphatic rings. The van der Waals surface area contributed by atoms with Crippen molar-refractivity contribution >= 4 is 34.9 Å². The number of aliphatic carboxylic acids is 1. The van der Waals surface area contributed by atoms with Gasteiger partial charge in [-0.1, -0.05) is 6.07 Å². The first kappa shape index (κ1) is 29.4. The molecule has 3 heterocycles. The first-order valence-electron chi connectivity index (χ1n) is 12.7. The lowest BCUT2D eigenvalue weighted by molar-refractivity contribution is -0.195. The highest BCUT2D eigenvalue weighted by Crippen LogP contribution is 2.32. The molecular weight excluding hydrogens is 540 g/mol. The normalized spacial score (nSPS) is 18.5. The average Bonchev–Trinajstić information content (AvgIpc) is 3.39. The van der Waals surface area contributed by atoms with Crippen LogP contribution in [-0.4, -0.2) is 105 Å². The van der Waals surface area contributed by atoms with Gasteiger partial charge in [-0.05, 0) is 23.8 Å². The number of nitrogen functional groups attached to an aromatic ring is 1. The number of likely N-dealkylation sites (N-methyl/N-ethyl adjacent to an activating group) is 2. The molecule has 41 heavy (non-hydrogen) atoms. The lowest BCUT2D eigenvalue weighted by Crippen LogP contribution is -2.42. The molecular formula is C26H32N6O9. The molecule has 4 rings (SSSR count). The number of methoxy groups -OCH3 is 1. The molecule has 0 radical (unpaired) electrons. The number of benzene rings is 1. The van der Waals surface area contributed by atoms with Gasteiger partial charge in [0.05, 0.1) is 18.6 Å². The maximum atomic E-state index is 12.9. The van der Waals surface area contributed by atoms with Crippen molar-refractivity contribution in [2.24, 2.45) is 0 Å². The third kappa shape index (κ3) is 6.93. The van der Waals surface area contributed by atoms with Gasteiger partial charge in [0.25, 0.3) is 0 Å². The number of carbonyl (C=O) groups excluding carboxylic acids is 2. The summed E-state index contributed by atoms with van der Waals surface area (Å²) < 4.78 is 23.3. The lowest BCUT2D eigenvalue weighted by Gasteiger charge is -2.31. The van der Waals surface area contributed by atoms with E-state index in [0.717, 1.165) is 0 Å². The summed E-state index contributed by atoms with van der Waals surface area (Å²) in [5.41, 5.74) is 6.84. The average molecular weight is 573 g/mol. The van der Waals surface area contributed by atoms with Crippen LogP contribution in [0.2, 0.25) is 0 Å². The number of ether oxygens (including phenoxy) is 4. The first-order chi connectivity index (χ1) is 19.6. The number of aliphatic hydroxyl groups is 1. The second-order valence-corrected chi connectivity index (χ2v) is 9.48. The van der Waals surface area contributed by atoms with E-state index in [1.165, 1.54) is 27.8 Å². The minimum atomic E-state index is -1.18. The fourth-order valence-electron chi connectivity index (χ4n) is 4.19. The monoisotopic (exact) mass is 572 g/mol. The molecule has 2 amide bonds. The van der Waals surface area contributed by atoms with Gasteiger partial charge in [-0.15, -0.1) is 0 Å². The highest BCUT2D eigenvalue weighted by molar-refractivity contribution is 5.93. The van der Waals surface area contributed by atoms with Crippen molar-refractivity contribution in [3.63, 3.8) is 0 Å². The van der Waals surface area contributed by atoms with Crippen LogP contribution in [0.3, 0.4) is 0 Å². The molecule has 2 aromatic heterocycles. The van der Waals surface area contributed by atoms with Gasteiger partial charge in [-0.3, -0.25) is 4.57 Å². The highest BCUT2D eigenvalue weighted by atomic mass is 16.7. The maximum Gasteiger partial charge on any atom is 0.409 e. The van der Waals surface area contributed by atoms with Gasteiger partial charge in [-0.2, -0.15) is 0 Å². The molecule has 3 unspecified atom stereocenters. The standard InChI is InChI=1S/C26H32N6O9/c1-30(25(36)32-7-6-17-22(27)28-14-29-23(17)32)8-9-31(2)26(37)39-13-15-4-5-18(19(10-15)38-3)40-21-12-16(33)11-20(41-21)24(34)35/h4-7,10,14,16,20-21,33H,8-9,11-13H2,1-3H3,(H,34,35)(H2,27,28,29). The summed E-state index contributed by atoms with van der Waals surface area (Å²) in [7, 11) is 4.59. The second kappa shape index (κ2) is 12.7. The van der Waals surface area contributed by atoms with E-state index in [4.69, 9.17) is 24.7 Å². The number of nitrogens with two attached hydrogens (primary N) is 1. The molecule has 15 nitrogen and oxygen atoms in total. The van der Waals surface area contributed by atoms with Crippen molar-refractivity contribution in [3.8, 4) is 11.5 Å². The predicted molar refractivity (Wildman–Crippen MR) is 143 cm³/mol. The van der Waals surface area contributed by atoms with Crippen molar-refractivity contribution in [2.45, 2.75) is 37.9 Å². The number of aliphatic hydroxyl groups excluding tert-OH is 1. The van der Waals surface area contributed by atoms with E-state index in [0.29, 0.717) is 22.3 Å². The van der Waals surface area contributed by atoms with Crippen molar-refractivity contribution in [1.82, 2.24) is 24.3 Å². The van der Waals surface area contributed by atoms with Crippen LogP contribution in [0.15, 0.2) is 36.8 Å². The molecule has 0 spiro atoms. The van der Waals surface area contributed by atoms with E-state index in [1.54, 1.807) is 44.6 Å². The van der Waals surface area contributed by atoms with Gasteiger partial charge in [-0.25, -0.2) is 24.4 Å². The zero-order valence-electron chi connectivity index (χ0n) is 22.8. The highest BCUT2D eigenvalue weighted by Gasteiger charge is 2.34. The number of hydrogen-bond acceptors (Lipinski definition) is 11. The number of aromatic nitrogens is 3. The first-order valence-corrected chi connectivity index (χ1v) is 12.7. The number of nitrogens with zero attached hydrogens (tertiary/aromatic N) is 5. The lowest BCUT2D eigenvalue weighted by atomic mass is 10.1. The van der Waals surface area contributed by atoms with E-state index in [2.05, 4.69) is 9.97 Å². The molecule has 0 aliphatic carbocycles. The summed E-state index contributed by atoms with van der Waals surface area (Å²) in [6, 6.07) is 6.16. The second-order valence-electron chi connectivity index (χ2n) is 9.48. The van der Waals surface area contributed by atoms with Crippen LogP contribution < -0.4 is 15.2 Å². The molecule has 3 atom stereocenters. The summed E-state index contributed by atoms with van der Waals surface area (Å²) in [4.78, 5) is 47.5. The number of hydrogen-bond donors (Lipinski definition) is 3. The largest absolute Gasteiger partial charge is 0.493 e. The molecule has 0 bridgehead atoms. The summed E-state index contributed by atoms with van der Waals surface area (Å²) in [6.45, 7) is 0.369. The van der Waals surface area contributed by atoms with Crippen LogP contribution in [0.5, 0.6) is 11.5 Å². The molecule has 3 aromatic rings. The minimum Gasteiger partial charge on any atom is -0.493 e. The number of carbonyl (C=O) groups is 3. The van der Waals surface area contributed by atoms with Crippen LogP contribution >= 0.6 is 0 Å². The molecule has 220 valence electrons. The summed E-state index contributed by atoms with van der Waals surface area (Å²) in [5.74, 6) is -0.314. The smallest absolute Gasteiger partial charge is 0.409 e. The fourth-order valence-corrected chi connectivity index (χ4v) is 4.19. The van der Waals surface area contributed by atoms with Gasteiger partial charge >= 0.3 is 18.1 Å². The van der Waals surface area contributed by atoms with Crippen molar-refractivity contribution in [2.75, 3.05) is 40.0 Å². The summed E-state index contributed by atoms with van der Waals surface area (Å²) >= 11 is 0. The maximum absolute atomic E-state index is 12.9. The van der Waals surface area contributed by atoms with E-state index < -0.39 is 30.6 Å². The predicted octanol–water partition coefficient (Wildman–Crippen LogP) is 1.52. The SMILES string of the molecule is COc1cc(COC(=O)N(C)CCN(C)C(=O)n2ccc3c(N)ncnc32)ccc1OC1CC(O)CC(C(=O)O)O1. The Morgan fingerprint density at radius 1 is 1.12 bits per heavy atom. The van der Waals surface area contributed by atoms with Gasteiger partial charge < -0.3 is 44.7 Å². The van der Waals surface area contributed by atoms with Crippen LogP contribution in [-0.2, 0) is 20.9 Å². The van der Waals surface area contributed by atoms with Gasteiger partial charge in [0.1, 0.15) is 18.8 Å². The Labute approximate surface area is 235 Å². The Morgan fingerprint density at radius 2 is 1.88 bits per heavy atom. The number of anilines is 1. The Morgan fingerprint density at radius 3 is 2.61 bits per heavy atom.